The van der Waals surface area contributed by atoms with Gasteiger partial charge in [0.1, 0.15) is 5.70 Å². The van der Waals surface area contributed by atoms with E-state index in [0.29, 0.717) is 0 Å². The fourth-order valence-corrected chi connectivity index (χ4v) is 2.08. The average molecular weight is 303 g/mol. The molecule has 0 unspecified atom stereocenters. The third-order valence-electron chi connectivity index (χ3n) is 3.13. The van der Waals surface area contributed by atoms with Gasteiger partial charge in [0.15, 0.2) is 0 Å². The SMILES string of the molecule is COC(=O)/C=C(\C(=O)OC)N1C(=O)C(=O)c2cc(C)ccc21. The lowest BCUT2D eigenvalue weighted by Crippen LogP contribution is -2.34. The third kappa shape index (κ3) is 2.48. The van der Waals surface area contributed by atoms with Crippen LogP contribution in [0.15, 0.2) is 30.0 Å². The fourth-order valence-electron chi connectivity index (χ4n) is 2.08. The molecule has 114 valence electrons. The second-order valence-corrected chi connectivity index (χ2v) is 4.53. The Morgan fingerprint density at radius 2 is 1.82 bits per heavy atom. The largest absolute Gasteiger partial charge is 0.466 e. The number of fused-ring (bicyclic) bond motifs is 1. The summed E-state index contributed by atoms with van der Waals surface area (Å²) in [6.45, 7) is 1.77. The first kappa shape index (κ1) is 15.4. The highest BCUT2D eigenvalue weighted by molar-refractivity contribution is 6.53. The standard InChI is InChI=1S/C15H13NO6/c1-8-4-5-10-9(6-8)13(18)14(19)16(10)11(15(20)22-3)7-12(17)21-2/h4-7H,1-3H3/b11-7+. The Labute approximate surface area is 126 Å². The van der Waals surface area contributed by atoms with E-state index in [0.717, 1.165) is 30.8 Å². The zero-order valence-corrected chi connectivity index (χ0v) is 12.2. The fraction of sp³-hybridized carbons (Fsp3) is 0.200. The van der Waals surface area contributed by atoms with Crippen LogP contribution in [0.4, 0.5) is 5.69 Å². The molecule has 0 saturated carbocycles. The van der Waals surface area contributed by atoms with Crippen LogP contribution in [0.25, 0.3) is 0 Å². The summed E-state index contributed by atoms with van der Waals surface area (Å²) in [5, 5.41) is 0. The van der Waals surface area contributed by atoms with Gasteiger partial charge in [-0.15, -0.1) is 0 Å². The number of anilines is 1. The van der Waals surface area contributed by atoms with E-state index in [1.54, 1.807) is 19.1 Å². The molecule has 0 N–H and O–H groups in total. The van der Waals surface area contributed by atoms with Gasteiger partial charge in [0.2, 0.25) is 0 Å². The first-order valence-corrected chi connectivity index (χ1v) is 6.28. The first-order chi connectivity index (χ1) is 10.4. The molecule has 2 rings (SSSR count). The van der Waals surface area contributed by atoms with Crippen LogP contribution in [0, 0.1) is 6.92 Å². The van der Waals surface area contributed by atoms with Crippen molar-refractivity contribution in [1.82, 2.24) is 0 Å². The van der Waals surface area contributed by atoms with E-state index in [1.807, 2.05) is 0 Å². The van der Waals surface area contributed by atoms with Gasteiger partial charge in [0, 0.05) is 0 Å². The zero-order chi connectivity index (χ0) is 16.4. The van der Waals surface area contributed by atoms with Crippen LogP contribution < -0.4 is 4.90 Å². The highest BCUT2D eigenvalue weighted by Crippen LogP contribution is 2.33. The maximum absolute atomic E-state index is 12.2. The molecule has 1 heterocycles. The number of aryl methyl sites for hydroxylation is 1. The van der Waals surface area contributed by atoms with Crippen LogP contribution in [-0.2, 0) is 23.9 Å². The van der Waals surface area contributed by atoms with E-state index in [9.17, 15) is 19.2 Å². The minimum Gasteiger partial charge on any atom is -0.466 e. The predicted molar refractivity (Wildman–Crippen MR) is 75.1 cm³/mol. The molecule has 0 saturated heterocycles. The Kier molecular flexibility index (Phi) is 4.07. The van der Waals surface area contributed by atoms with Gasteiger partial charge in [-0.1, -0.05) is 11.6 Å². The molecule has 7 nitrogen and oxygen atoms in total. The third-order valence-corrected chi connectivity index (χ3v) is 3.13. The number of rotatable bonds is 3. The number of nitrogens with zero attached hydrogens (tertiary/aromatic N) is 1. The van der Waals surface area contributed by atoms with Crippen LogP contribution in [0.1, 0.15) is 15.9 Å². The van der Waals surface area contributed by atoms with Gasteiger partial charge in [-0.05, 0) is 19.1 Å². The summed E-state index contributed by atoms with van der Waals surface area (Å²) < 4.78 is 9.03. The molecule has 1 amide bonds. The Hall–Kier alpha value is -2.96. The first-order valence-electron chi connectivity index (χ1n) is 6.28. The van der Waals surface area contributed by atoms with E-state index in [4.69, 9.17) is 0 Å². The Bertz CT molecular complexity index is 719. The highest BCUT2D eigenvalue weighted by Gasteiger charge is 2.40. The molecule has 0 aliphatic carbocycles. The summed E-state index contributed by atoms with van der Waals surface area (Å²) in [4.78, 5) is 48.4. The predicted octanol–water partition coefficient (Wildman–Crippen LogP) is 0.754. The van der Waals surface area contributed by atoms with Crippen LogP contribution in [-0.4, -0.2) is 37.8 Å². The van der Waals surface area contributed by atoms with Crippen LogP contribution in [0.2, 0.25) is 0 Å². The van der Waals surface area contributed by atoms with Crippen molar-refractivity contribution < 1.29 is 28.7 Å². The van der Waals surface area contributed by atoms with Crippen molar-refractivity contribution in [3.8, 4) is 0 Å². The summed E-state index contributed by atoms with van der Waals surface area (Å²) in [7, 11) is 2.23. The van der Waals surface area contributed by atoms with E-state index in [2.05, 4.69) is 9.47 Å². The van der Waals surface area contributed by atoms with Gasteiger partial charge >= 0.3 is 17.8 Å². The van der Waals surface area contributed by atoms with Crippen LogP contribution in [0.3, 0.4) is 0 Å². The molecule has 1 aromatic carbocycles. The topological polar surface area (TPSA) is 90.0 Å². The van der Waals surface area contributed by atoms with Gasteiger partial charge < -0.3 is 9.47 Å². The monoisotopic (exact) mass is 303 g/mol. The van der Waals surface area contributed by atoms with Crippen molar-refractivity contribution in [2.45, 2.75) is 6.92 Å². The molecule has 7 heteroatoms. The maximum atomic E-state index is 12.2. The molecular formula is C15H13NO6. The number of hydrogen-bond donors (Lipinski definition) is 0. The number of hydrogen-bond acceptors (Lipinski definition) is 6. The van der Waals surface area contributed by atoms with Gasteiger partial charge in [-0.3, -0.25) is 14.5 Å². The number of amides is 1. The van der Waals surface area contributed by atoms with Crippen molar-refractivity contribution >= 4 is 29.3 Å². The summed E-state index contributed by atoms with van der Waals surface area (Å²) in [5.74, 6) is -3.46. The molecule has 22 heavy (non-hydrogen) atoms. The number of carbonyl (C=O) groups excluding carboxylic acids is 4. The molecule has 0 atom stereocenters. The average Bonchev–Trinajstić information content (AvgIpc) is 2.75. The van der Waals surface area contributed by atoms with Crippen molar-refractivity contribution in [3.05, 3.63) is 41.1 Å². The molecule has 0 aromatic heterocycles. The van der Waals surface area contributed by atoms with E-state index >= 15 is 0 Å². The van der Waals surface area contributed by atoms with Crippen LogP contribution >= 0.6 is 0 Å². The molecule has 1 aromatic rings. The highest BCUT2D eigenvalue weighted by atomic mass is 16.5. The van der Waals surface area contributed by atoms with Crippen molar-refractivity contribution in [2.75, 3.05) is 19.1 Å². The Morgan fingerprint density at radius 1 is 1.14 bits per heavy atom. The second kappa shape index (κ2) is 5.80. The zero-order valence-electron chi connectivity index (χ0n) is 12.2. The number of ketones is 1. The quantitative estimate of drug-likeness (QED) is 0.465. The van der Waals surface area contributed by atoms with Crippen molar-refractivity contribution in [3.63, 3.8) is 0 Å². The number of methoxy groups -OCH3 is 2. The van der Waals surface area contributed by atoms with E-state index < -0.39 is 23.6 Å². The Morgan fingerprint density at radius 3 is 2.41 bits per heavy atom. The van der Waals surface area contributed by atoms with Gasteiger partial charge in [0.25, 0.3) is 5.78 Å². The number of esters is 2. The Balaban J connectivity index is 2.61. The lowest BCUT2D eigenvalue weighted by Gasteiger charge is -2.18. The van der Waals surface area contributed by atoms with Crippen LogP contribution in [0.5, 0.6) is 0 Å². The summed E-state index contributed by atoms with van der Waals surface area (Å²) in [6, 6.07) is 4.76. The number of benzene rings is 1. The lowest BCUT2D eigenvalue weighted by atomic mass is 10.1. The number of carbonyl (C=O) groups is 4. The number of ether oxygens (including phenoxy) is 2. The number of Topliss-reactive ketones (excluding diaryl/α,β-unsaturated/α-hetero) is 1. The summed E-state index contributed by atoms with van der Waals surface area (Å²) >= 11 is 0. The molecular weight excluding hydrogens is 290 g/mol. The van der Waals surface area contributed by atoms with Gasteiger partial charge in [-0.2, -0.15) is 0 Å². The minimum atomic E-state index is -0.931. The lowest BCUT2D eigenvalue weighted by molar-refractivity contribution is -0.138. The van der Waals surface area contributed by atoms with Gasteiger partial charge in [0.05, 0.1) is 31.5 Å². The summed E-state index contributed by atoms with van der Waals surface area (Å²) in [5.41, 5.74) is 0.805. The molecule has 0 spiro atoms. The van der Waals surface area contributed by atoms with E-state index in [1.165, 1.54) is 6.07 Å². The molecule has 1 aliphatic rings. The van der Waals surface area contributed by atoms with Crippen molar-refractivity contribution in [1.29, 1.82) is 0 Å². The molecule has 0 fully saturated rings. The van der Waals surface area contributed by atoms with Crippen molar-refractivity contribution in [2.24, 2.45) is 0 Å². The minimum absolute atomic E-state index is 0.171. The van der Waals surface area contributed by atoms with Gasteiger partial charge in [-0.25, -0.2) is 9.59 Å². The smallest absolute Gasteiger partial charge is 0.355 e. The molecule has 0 bridgehead atoms. The van der Waals surface area contributed by atoms with E-state index in [-0.39, 0.29) is 16.9 Å². The molecule has 1 aliphatic heterocycles. The maximum Gasteiger partial charge on any atom is 0.355 e. The normalized spacial score (nSPS) is 14.0. The second-order valence-electron chi connectivity index (χ2n) is 4.53. The molecule has 0 radical (unpaired) electrons. The summed E-state index contributed by atoms with van der Waals surface area (Å²) in [6.07, 6.45) is 0.811.